The molecule has 7 heteroatoms. The van der Waals surface area contributed by atoms with Crippen LogP contribution < -0.4 is 0 Å². The van der Waals surface area contributed by atoms with Gasteiger partial charge in [0.25, 0.3) is 0 Å². The summed E-state index contributed by atoms with van der Waals surface area (Å²) < 4.78 is 17.9. The number of aromatic nitrogens is 2. The molecule has 0 spiro atoms. The Balaban J connectivity index is 1.67. The summed E-state index contributed by atoms with van der Waals surface area (Å²) in [5, 5.41) is 3.72. The van der Waals surface area contributed by atoms with E-state index in [4.69, 9.17) is 14.0 Å². The Kier molecular flexibility index (Phi) is 5.27. The topological polar surface area (TPSA) is 83.6 Å². The Labute approximate surface area is 152 Å². The Morgan fingerprint density at radius 2 is 2.08 bits per heavy atom. The van der Waals surface area contributed by atoms with E-state index in [1.54, 1.807) is 13.8 Å². The molecule has 2 aromatic heterocycles. The molecular formula is C19H24N2O5. The van der Waals surface area contributed by atoms with E-state index in [1.807, 2.05) is 19.9 Å². The highest BCUT2D eigenvalue weighted by Crippen LogP contribution is 2.21. The normalized spacial score (nSPS) is 16.8. The molecule has 1 aliphatic rings. The number of hydrogen-bond acceptors (Lipinski definition) is 6. The minimum Gasteiger partial charge on any atom is -0.454 e. The zero-order valence-electron chi connectivity index (χ0n) is 15.6. The maximum Gasteiger partial charge on any atom is 0.344 e. The number of ketones is 1. The van der Waals surface area contributed by atoms with Crippen LogP contribution in [-0.2, 0) is 16.0 Å². The van der Waals surface area contributed by atoms with Crippen LogP contribution in [0.2, 0.25) is 0 Å². The van der Waals surface area contributed by atoms with Gasteiger partial charge in [0, 0.05) is 30.1 Å². The largest absolute Gasteiger partial charge is 0.454 e. The predicted octanol–water partition coefficient (Wildman–Crippen LogP) is 2.93. The Morgan fingerprint density at radius 3 is 2.69 bits per heavy atom. The molecule has 1 saturated heterocycles. The molecule has 26 heavy (non-hydrogen) atoms. The first-order chi connectivity index (χ1) is 12.4. The summed E-state index contributed by atoms with van der Waals surface area (Å²) in [6.45, 7) is 8.40. The first kappa shape index (κ1) is 18.4. The van der Waals surface area contributed by atoms with Gasteiger partial charge in [-0.2, -0.15) is 0 Å². The van der Waals surface area contributed by atoms with Crippen molar-refractivity contribution in [3.63, 3.8) is 0 Å². The molecule has 0 N–H and O–H groups in total. The van der Waals surface area contributed by atoms with E-state index < -0.39 is 5.97 Å². The zero-order valence-corrected chi connectivity index (χ0v) is 15.6. The Morgan fingerprint density at radius 1 is 1.31 bits per heavy atom. The summed E-state index contributed by atoms with van der Waals surface area (Å²) in [6.07, 6.45) is 2.31. The van der Waals surface area contributed by atoms with Gasteiger partial charge in [-0.3, -0.25) is 4.79 Å². The highest BCUT2D eigenvalue weighted by molar-refractivity contribution is 6.00. The molecule has 2 aromatic rings. The van der Waals surface area contributed by atoms with Gasteiger partial charge >= 0.3 is 5.97 Å². The number of Topliss-reactive ketones (excluding diaryl/α,β-unsaturated/α-hetero) is 1. The van der Waals surface area contributed by atoms with Gasteiger partial charge in [-0.1, -0.05) is 5.16 Å². The van der Waals surface area contributed by atoms with E-state index in [-0.39, 0.29) is 24.1 Å². The number of nitrogens with zero attached hydrogens (tertiary/aromatic N) is 2. The maximum atomic E-state index is 12.6. The van der Waals surface area contributed by atoms with Crippen molar-refractivity contribution in [2.24, 2.45) is 0 Å². The summed E-state index contributed by atoms with van der Waals surface area (Å²) in [5.74, 6) is -0.436. The lowest BCUT2D eigenvalue weighted by Crippen LogP contribution is -2.18. The lowest BCUT2D eigenvalue weighted by molar-refractivity contribution is 0.0472. The molecule has 1 aliphatic heterocycles. The maximum absolute atomic E-state index is 12.6. The first-order valence-corrected chi connectivity index (χ1v) is 8.80. The van der Waals surface area contributed by atoms with Crippen LogP contribution >= 0.6 is 0 Å². The van der Waals surface area contributed by atoms with Gasteiger partial charge in [0.15, 0.2) is 6.61 Å². The second-order valence-electron chi connectivity index (χ2n) is 6.73. The molecule has 0 amide bonds. The van der Waals surface area contributed by atoms with Crippen LogP contribution in [0.4, 0.5) is 0 Å². The van der Waals surface area contributed by atoms with E-state index in [1.165, 1.54) is 0 Å². The molecule has 3 rings (SSSR count). The molecule has 1 atom stereocenters. The van der Waals surface area contributed by atoms with Gasteiger partial charge in [-0.15, -0.1) is 0 Å². The molecule has 140 valence electrons. The van der Waals surface area contributed by atoms with Crippen molar-refractivity contribution in [2.45, 2.75) is 53.2 Å². The summed E-state index contributed by atoms with van der Waals surface area (Å²) in [6, 6.07) is 1.84. The zero-order chi connectivity index (χ0) is 18.8. The van der Waals surface area contributed by atoms with Gasteiger partial charge in [-0.25, -0.2) is 4.79 Å². The Bertz CT molecular complexity index is 808. The fourth-order valence-electron chi connectivity index (χ4n) is 3.41. The molecule has 0 aliphatic carbocycles. The fraction of sp³-hybridized carbons (Fsp3) is 0.526. The van der Waals surface area contributed by atoms with E-state index in [0.717, 1.165) is 37.4 Å². The molecule has 1 unspecified atom stereocenters. The Hall–Kier alpha value is -2.41. The highest BCUT2D eigenvalue weighted by atomic mass is 16.5. The van der Waals surface area contributed by atoms with Crippen molar-refractivity contribution >= 4 is 11.8 Å². The average molecular weight is 360 g/mol. The lowest BCUT2D eigenvalue weighted by Gasteiger charge is -2.14. The van der Waals surface area contributed by atoms with E-state index in [0.29, 0.717) is 17.0 Å². The molecule has 7 nitrogen and oxygen atoms in total. The van der Waals surface area contributed by atoms with Crippen LogP contribution in [-0.4, -0.2) is 40.8 Å². The number of ether oxygens (including phenoxy) is 2. The monoisotopic (exact) mass is 360 g/mol. The summed E-state index contributed by atoms with van der Waals surface area (Å²) >= 11 is 0. The second kappa shape index (κ2) is 7.45. The standard InChI is InChI=1S/C19H24N2O5/c1-11-8-16(13(3)21(11)9-15-6-5-7-24-15)17(22)10-25-19(23)18-12(2)20-26-14(18)4/h8,15H,5-7,9-10H2,1-4H3. The molecule has 0 bridgehead atoms. The number of rotatable bonds is 6. The van der Waals surface area contributed by atoms with Crippen LogP contribution in [0.1, 0.15) is 56.4 Å². The van der Waals surface area contributed by atoms with E-state index in [9.17, 15) is 9.59 Å². The molecule has 3 heterocycles. The number of carbonyl (C=O) groups is 2. The van der Waals surface area contributed by atoms with Crippen molar-refractivity contribution in [3.8, 4) is 0 Å². The predicted molar refractivity (Wildman–Crippen MR) is 93.5 cm³/mol. The third-order valence-corrected chi connectivity index (χ3v) is 4.86. The van der Waals surface area contributed by atoms with E-state index in [2.05, 4.69) is 9.72 Å². The number of aryl methyl sites for hydroxylation is 3. The summed E-state index contributed by atoms with van der Waals surface area (Å²) in [4.78, 5) is 24.7. The minimum atomic E-state index is -0.595. The summed E-state index contributed by atoms with van der Waals surface area (Å²) in [7, 11) is 0. The highest BCUT2D eigenvalue weighted by Gasteiger charge is 2.23. The number of hydrogen-bond donors (Lipinski definition) is 0. The first-order valence-electron chi connectivity index (χ1n) is 8.80. The van der Waals surface area contributed by atoms with Crippen LogP contribution in [0.25, 0.3) is 0 Å². The van der Waals surface area contributed by atoms with Gasteiger partial charge in [-0.05, 0) is 46.6 Å². The smallest absolute Gasteiger partial charge is 0.344 e. The molecule has 0 radical (unpaired) electrons. The van der Waals surface area contributed by atoms with E-state index >= 15 is 0 Å². The minimum absolute atomic E-state index is 0.195. The molecular weight excluding hydrogens is 336 g/mol. The van der Waals surface area contributed by atoms with Crippen molar-refractivity contribution in [1.29, 1.82) is 0 Å². The van der Waals surface area contributed by atoms with Crippen molar-refractivity contribution in [1.82, 2.24) is 9.72 Å². The fourth-order valence-corrected chi connectivity index (χ4v) is 3.41. The van der Waals surface area contributed by atoms with Crippen LogP contribution in [0, 0.1) is 27.7 Å². The van der Waals surface area contributed by atoms with Crippen molar-refractivity contribution in [2.75, 3.05) is 13.2 Å². The van der Waals surface area contributed by atoms with Crippen LogP contribution in [0.5, 0.6) is 0 Å². The third-order valence-electron chi connectivity index (χ3n) is 4.86. The second-order valence-corrected chi connectivity index (χ2v) is 6.73. The molecule has 1 fully saturated rings. The summed E-state index contributed by atoms with van der Waals surface area (Å²) in [5.41, 5.74) is 3.18. The van der Waals surface area contributed by atoms with Crippen molar-refractivity contribution < 1.29 is 23.6 Å². The van der Waals surface area contributed by atoms with Gasteiger partial charge in [0.2, 0.25) is 5.78 Å². The SMILES string of the molecule is Cc1noc(C)c1C(=O)OCC(=O)c1cc(C)n(CC2CCCO2)c1C. The average Bonchev–Trinajstić information content (AvgIpc) is 3.30. The van der Waals surface area contributed by atoms with Gasteiger partial charge in [0.05, 0.1) is 11.8 Å². The van der Waals surface area contributed by atoms with Crippen molar-refractivity contribution in [3.05, 3.63) is 40.0 Å². The number of esters is 1. The number of carbonyl (C=O) groups excluding carboxylic acids is 2. The molecule has 0 saturated carbocycles. The van der Waals surface area contributed by atoms with Gasteiger partial charge < -0.3 is 18.6 Å². The van der Waals surface area contributed by atoms with Crippen LogP contribution in [0.15, 0.2) is 10.6 Å². The quantitative estimate of drug-likeness (QED) is 0.582. The van der Waals surface area contributed by atoms with Crippen LogP contribution in [0.3, 0.4) is 0 Å². The molecule has 0 aromatic carbocycles. The van der Waals surface area contributed by atoms with Gasteiger partial charge in [0.1, 0.15) is 11.3 Å². The third kappa shape index (κ3) is 3.58. The lowest BCUT2D eigenvalue weighted by atomic mass is 10.1.